The number of carbonyl (C=O) groups is 1. The van der Waals surface area contributed by atoms with Gasteiger partial charge in [-0.2, -0.15) is 4.98 Å². The van der Waals surface area contributed by atoms with Crippen LogP contribution >= 0.6 is 0 Å². The summed E-state index contributed by atoms with van der Waals surface area (Å²) >= 11 is 0. The molecule has 2 aliphatic rings. The molecule has 2 aromatic carbocycles. The number of ether oxygens (including phenoxy) is 1. The Balaban J connectivity index is 1.54. The quantitative estimate of drug-likeness (QED) is 0.613. The first-order chi connectivity index (χ1) is 14.9. The smallest absolute Gasteiger partial charge is 0.265 e. The fourth-order valence-corrected chi connectivity index (χ4v) is 5.50. The van der Waals surface area contributed by atoms with Crippen molar-refractivity contribution in [2.24, 2.45) is 0 Å². The zero-order chi connectivity index (χ0) is 21.6. The van der Waals surface area contributed by atoms with Crippen LogP contribution in [0.15, 0.2) is 51.9 Å². The highest BCUT2D eigenvalue weighted by Crippen LogP contribution is 2.38. The molecule has 3 heterocycles. The van der Waals surface area contributed by atoms with E-state index in [-0.39, 0.29) is 24.0 Å². The highest BCUT2D eigenvalue weighted by molar-refractivity contribution is 7.92. The first-order valence-corrected chi connectivity index (χ1v) is 11.3. The summed E-state index contributed by atoms with van der Waals surface area (Å²) in [7, 11) is -3.83. The summed E-state index contributed by atoms with van der Waals surface area (Å²) in [5.74, 6) is 0.832. The lowest BCUT2D eigenvalue weighted by atomic mass is 10.0. The van der Waals surface area contributed by atoms with E-state index in [1.54, 1.807) is 13.0 Å². The van der Waals surface area contributed by atoms with E-state index in [0.717, 1.165) is 18.4 Å². The number of carbonyl (C=O) groups excluding carboxylic acids is 1. The third kappa shape index (κ3) is 3.42. The van der Waals surface area contributed by atoms with Crippen LogP contribution in [0, 0.1) is 6.92 Å². The standard InChI is InChI=1S/C21H20N4O5S/c1-14-22-20(23-30-14)12-24-18-11-16(8-9-19(18)29-13-21(24)26)31(27,28)25-10-4-6-15-5-2-3-7-17(15)25/h2-3,5,7-9,11H,4,6,10,12-13H2,1H3. The van der Waals surface area contributed by atoms with Crippen LogP contribution in [0.5, 0.6) is 5.75 Å². The molecule has 0 aliphatic carbocycles. The third-order valence-corrected chi connectivity index (χ3v) is 7.21. The monoisotopic (exact) mass is 440 g/mol. The predicted molar refractivity (Wildman–Crippen MR) is 111 cm³/mol. The maximum Gasteiger partial charge on any atom is 0.265 e. The van der Waals surface area contributed by atoms with E-state index in [1.807, 2.05) is 24.3 Å². The van der Waals surface area contributed by atoms with Gasteiger partial charge in [-0.05, 0) is 42.7 Å². The van der Waals surface area contributed by atoms with Crippen LogP contribution in [-0.2, 0) is 27.8 Å². The van der Waals surface area contributed by atoms with Crippen molar-refractivity contribution in [2.75, 3.05) is 22.4 Å². The number of rotatable bonds is 4. The summed E-state index contributed by atoms with van der Waals surface area (Å²) in [5.41, 5.74) is 2.06. The highest BCUT2D eigenvalue weighted by atomic mass is 32.2. The van der Waals surface area contributed by atoms with Crippen molar-refractivity contribution in [1.82, 2.24) is 10.1 Å². The number of anilines is 2. The molecule has 10 heteroatoms. The lowest BCUT2D eigenvalue weighted by molar-refractivity contribution is -0.121. The summed E-state index contributed by atoms with van der Waals surface area (Å²) in [5, 5.41) is 3.84. The fourth-order valence-electron chi connectivity index (χ4n) is 3.94. The van der Waals surface area contributed by atoms with Crippen molar-refractivity contribution < 1.29 is 22.5 Å². The second-order valence-corrected chi connectivity index (χ2v) is 9.30. The number of amides is 1. The Morgan fingerprint density at radius 2 is 1.97 bits per heavy atom. The number of aryl methyl sites for hydroxylation is 2. The number of nitrogens with zero attached hydrogens (tertiary/aromatic N) is 4. The first-order valence-electron chi connectivity index (χ1n) is 9.90. The minimum Gasteiger partial charge on any atom is -0.482 e. The molecule has 3 aromatic rings. The van der Waals surface area contributed by atoms with Crippen LogP contribution in [0.3, 0.4) is 0 Å². The Morgan fingerprint density at radius 3 is 2.77 bits per heavy atom. The van der Waals surface area contributed by atoms with Crippen LogP contribution in [0.4, 0.5) is 11.4 Å². The average molecular weight is 440 g/mol. The Labute approximate surface area is 179 Å². The summed E-state index contributed by atoms with van der Waals surface area (Å²) in [6.07, 6.45) is 1.58. The molecule has 31 heavy (non-hydrogen) atoms. The zero-order valence-electron chi connectivity index (χ0n) is 16.8. The van der Waals surface area contributed by atoms with Crippen molar-refractivity contribution in [3.63, 3.8) is 0 Å². The van der Waals surface area contributed by atoms with Gasteiger partial charge in [0.15, 0.2) is 12.4 Å². The fraction of sp³-hybridized carbons (Fsp3) is 0.286. The summed E-state index contributed by atoms with van der Waals surface area (Å²) < 4.78 is 39.0. The van der Waals surface area contributed by atoms with E-state index < -0.39 is 10.0 Å². The lowest BCUT2D eigenvalue weighted by Gasteiger charge is -2.32. The van der Waals surface area contributed by atoms with Crippen LogP contribution in [0.2, 0.25) is 0 Å². The summed E-state index contributed by atoms with van der Waals surface area (Å²) in [6, 6.07) is 12.1. The van der Waals surface area contributed by atoms with Crippen molar-refractivity contribution in [3.05, 3.63) is 59.7 Å². The topological polar surface area (TPSA) is 106 Å². The SMILES string of the molecule is Cc1nc(CN2C(=O)COc3ccc(S(=O)(=O)N4CCCc5ccccc54)cc32)no1. The van der Waals surface area contributed by atoms with Gasteiger partial charge in [0.1, 0.15) is 5.75 Å². The molecular weight excluding hydrogens is 420 g/mol. The molecule has 0 saturated heterocycles. The van der Waals surface area contributed by atoms with Gasteiger partial charge in [-0.3, -0.25) is 14.0 Å². The van der Waals surface area contributed by atoms with Gasteiger partial charge in [-0.25, -0.2) is 8.42 Å². The van der Waals surface area contributed by atoms with E-state index in [1.165, 1.54) is 21.3 Å². The van der Waals surface area contributed by atoms with Gasteiger partial charge >= 0.3 is 0 Å². The average Bonchev–Trinajstić information content (AvgIpc) is 3.19. The summed E-state index contributed by atoms with van der Waals surface area (Å²) in [4.78, 5) is 18.2. The molecule has 0 spiro atoms. The molecule has 0 atom stereocenters. The molecule has 160 valence electrons. The molecule has 2 aliphatic heterocycles. The molecule has 0 radical (unpaired) electrons. The number of hydrogen-bond acceptors (Lipinski definition) is 7. The van der Waals surface area contributed by atoms with Crippen molar-refractivity contribution >= 4 is 27.3 Å². The van der Waals surface area contributed by atoms with E-state index >= 15 is 0 Å². The van der Waals surface area contributed by atoms with Crippen LogP contribution in [-0.4, -0.2) is 37.6 Å². The molecule has 5 rings (SSSR count). The molecule has 0 bridgehead atoms. The molecule has 0 saturated carbocycles. The van der Waals surface area contributed by atoms with Gasteiger partial charge in [0.25, 0.3) is 15.9 Å². The molecule has 1 amide bonds. The minimum atomic E-state index is -3.83. The second kappa shape index (κ2) is 7.38. The number of aromatic nitrogens is 2. The van der Waals surface area contributed by atoms with Crippen molar-refractivity contribution in [1.29, 1.82) is 0 Å². The van der Waals surface area contributed by atoms with Gasteiger partial charge < -0.3 is 9.26 Å². The van der Waals surface area contributed by atoms with E-state index in [9.17, 15) is 13.2 Å². The first kappa shape index (κ1) is 19.6. The van der Waals surface area contributed by atoms with Gasteiger partial charge in [0.05, 0.1) is 22.8 Å². The Hall–Kier alpha value is -3.40. The van der Waals surface area contributed by atoms with Gasteiger partial charge in [0.2, 0.25) is 5.89 Å². The molecule has 0 N–H and O–H groups in total. The molecule has 1 aromatic heterocycles. The second-order valence-electron chi connectivity index (χ2n) is 7.44. The Morgan fingerprint density at radius 1 is 1.13 bits per heavy atom. The number of sulfonamides is 1. The van der Waals surface area contributed by atoms with Crippen molar-refractivity contribution in [3.8, 4) is 5.75 Å². The van der Waals surface area contributed by atoms with Crippen molar-refractivity contribution in [2.45, 2.75) is 31.2 Å². The number of hydrogen-bond donors (Lipinski definition) is 0. The van der Waals surface area contributed by atoms with E-state index in [2.05, 4.69) is 10.1 Å². The zero-order valence-corrected chi connectivity index (χ0v) is 17.6. The predicted octanol–water partition coefficient (Wildman–Crippen LogP) is 2.45. The number of para-hydroxylation sites is 1. The maximum atomic E-state index is 13.5. The van der Waals surface area contributed by atoms with Crippen LogP contribution in [0.25, 0.3) is 0 Å². The third-order valence-electron chi connectivity index (χ3n) is 5.40. The molecule has 0 unspecified atom stereocenters. The Bertz CT molecular complexity index is 1270. The maximum absolute atomic E-state index is 13.5. The van der Waals surface area contributed by atoms with E-state index in [4.69, 9.17) is 9.26 Å². The highest BCUT2D eigenvalue weighted by Gasteiger charge is 2.32. The lowest BCUT2D eigenvalue weighted by Crippen LogP contribution is -2.39. The van der Waals surface area contributed by atoms with Crippen LogP contribution < -0.4 is 13.9 Å². The Kier molecular flexibility index (Phi) is 4.66. The van der Waals surface area contributed by atoms with Gasteiger partial charge in [0, 0.05) is 13.5 Å². The molecule has 0 fully saturated rings. The minimum absolute atomic E-state index is 0.0581. The summed E-state index contributed by atoms with van der Waals surface area (Å²) in [6.45, 7) is 1.97. The van der Waals surface area contributed by atoms with Gasteiger partial charge in [-0.15, -0.1) is 0 Å². The van der Waals surface area contributed by atoms with E-state index in [0.29, 0.717) is 35.4 Å². The van der Waals surface area contributed by atoms with Crippen LogP contribution in [0.1, 0.15) is 23.7 Å². The normalized spacial score (nSPS) is 16.0. The molecular formula is C21H20N4O5S. The number of benzene rings is 2. The molecule has 9 nitrogen and oxygen atoms in total. The number of fused-ring (bicyclic) bond motifs is 2. The van der Waals surface area contributed by atoms with Gasteiger partial charge in [-0.1, -0.05) is 23.4 Å². The largest absolute Gasteiger partial charge is 0.482 e.